The zero-order valence-electron chi connectivity index (χ0n) is 12.4. The van der Waals surface area contributed by atoms with Crippen molar-refractivity contribution in [1.82, 2.24) is 30.0 Å². The van der Waals surface area contributed by atoms with Crippen LogP contribution in [0.5, 0.6) is 0 Å². The topological polar surface area (TPSA) is 67.2 Å². The summed E-state index contributed by atoms with van der Waals surface area (Å²) in [5.74, 6) is 0.544. The van der Waals surface area contributed by atoms with Gasteiger partial charge in [0.1, 0.15) is 0 Å². The molecule has 2 aromatic rings. The summed E-state index contributed by atoms with van der Waals surface area (Å²) in [5, 5.41) is 14.0. The van der Waals surface area contributed by atoms with Crippen molar-refractivity contribution < 1.29 is 4.79 Å². The fraction of sp³-hybridized carbons (Fsp3) is 0.538. The van der Waals surface area contributed by atoms with Gasteiger partial charge in [0.25, 0.3) is 0 Å². The highest BCUT2D eigenvalue weighted by molar-refractivity contribution is 7.99. The smallest absolute Gasteiger partial charge is 0.233 e. The van der Waals surface area contributed by atoms with Crippen molar-refractivity contribution in [3.8, 4) is 0 Å². The summed E-state index contributed by atoms with van der Waals surface area (Å²) in [6, 6.07) is 4.24. The van der Waals surface area contributed by atoms with Crippen LogP contribution in [0.25, 0.3) is 0 Å². The Morgan fingerprint density at radius 1 is 1.36 bits per heavy atom. The largest absolute Gasteiger partial charge is 0.339 e. The van der Waals surface area contributed by atoms with Gasteiger partial charge >= 0.3 is 0 Å². The number of tetrazole rings is 1. The summed E-state index contributed by atoms with van der Waals surface area (Å²) in [6.45, 7) is 4.43. The Kier molecular flexibility index (Phi) is 5.06. The predicted octanol–water partition coefficient (Wildman–Crippen LogP) is 0.708. The molecule has 1 aliphatic heterocycles. The van der Waals surface area contributed by atoms with Crippen LogP contribution in [0.3, 0.4) is 0 Å². The number of thioether (sulfide) groups is 1. The number of nitrogens with zero attached hydrogens (tertiary/aromatic N) is 6. The summed E-state index contributed by atoms with van der Waals surface area (Å²) in [6.07, 6.45) is 0. The third-order valence-corrected chi connectivity index (χ3v) is 5.45. The molecule has 118 valence electrons. The summed E-state index contributed by atoms with van der Waals surface area (Å²) in [4.78, 5) is 17.9. The van der Waals surface area contributed by atoms with Gasteiger partial charge < -0.3 is 4.90 Å². The lowest BCUT2D eigenvalue weighted by molar-refractivity contribution is -0.130. The first kappa shape index (κ1) is 15.4. The summed E-state index contributed by atoms with van der Waals surface area (Å²) >= 11 is 3.17. The third kappa shape index (κ3) is 3.84. The molecule has 0 aliphatic carbocycles. The van der Waals surface area contributed by atoms with E-state index in [9.17, 15) is 4.79 Å². The molecule has 0 radical (unpaired) electrons. The number of hydrogen-bond donors (Lipinski definition) is 0. The average molecular weight is 338 g/mol. The predicted molar refractivity (Wildman–Crippen MR) is 85.7 cm³/mol. The van der Waals surface area contributed by atoms with Gasteiger partial charge in [0.2, 0.25) is 11.1 Å². The highest BCUT2D eigenvalue weighted by Gasteiger charge is 2.21. The van der Waals surface area contributed by atoms with Crippen LogP contribution in [-0.4, -0.2) is 67.8 Å². The number of carbonyl (C=O) groups excluding carboxylic acids is 1. The number of aromatic nitrogens is 4. The van der Waals surface area contributed by atoms with Crippen LogP contribution in [0.2, 0.25) is 0 Å². The second-order valence-corrected chi connectivity index (χ2v) is 7.08. The van der Waals surface area contributed by atoms with Gasteiger partial charge in [-0.1, -0.05) is 17.8 Å². The fourth-order valence-electron chi connectivity index (χ4n) is 2.34. The summed E-state index contributed by atoms with van der Waals surface area (Å²) < 4.78 is 1.58. The van der Waals surface area contributed by atoms with Crippen LogP contribution in [-0.2, 0) is 18.4 Å². The molecule has 1 saturated heterocycles. The van der Waals surface area contributed by atoms with Gasteiger partial charge in [0.05, 0.1) is 5.75 Å². The molecule has 0 spiro atoms. The van der Waals surface area contributed by atoms with E-state index < -0.39 is 0 Å². The van der Waals surface area contributed by atoms with Crippen LogP contribution in [0.1, 0.15) is 4.88 Å². The Bertz CT molecular complexity index is 606. The summed E-state index contributed by atoms with van der Waals surface area (Å²) in [5.41, 5.74) is 0. The molecule has 1 aliphatic rings. The molecule has 3 rings (SSSR count). The first-order chi connectivity index (χ1) is 10.7. The van der Waals surface area contributed by atoms with Crippen molar-refractivity contribution in [3.05, 3.63) is 22.4 Å². The second kappa shape index (κ2) is 7.21. The molecular weight excluding hydrogens is 320 g/mol. The quantitative estimate of drug-likeness (QED) is 0.748. The van der Waals surface area contributed by atoms with Crippen LogP contribution in [0, 0.1) is 0 Å². The minimum absolute atomic E-state index is 0.156. The van der Waals surface area contributed by atoms with Gasteiger partial charge in [0.15, 0.2) is 0 Å². The fourth-order valence-corrected chi connectivity index (χ4v) is 3.84. The number of rotatable bonds is 5. The minimum atomic E-state index is 0.156. The Morgan fingerprint density at radius 3 is 2.82 bits per heavy atom. The molecule has 0 saturated carbocycles. The summed E-state index contributed by atoms with van der Waals surface area (Å²) in [7, 11) is 1.77. The Hall–Kier alpha value is -1.45. The van der Waals surface area contributed by atoms with Crippen molar-refractivity contribution in [2.24, 2.45) is 7.05 Å². The van der Waals surface area contributed by atoms with Gasteiger partial charge in [-0.25, -0.2) is 4.68 Å². The highest BCUT2D eigenvalue weighted by atomic mass is 32.2. The molecule has 0 bridgehead atoms. The van der Waals surface area contributed by atoms with E-state index in [1.807, 2.05) is 4.90 Å². The van der Waals surface area contributed by atoms with Gasteiger partial charge in [-0.15, -0.1) is 16.4 Å². The van der Waals surface area contributed by atoms with E-state index in [0.717, 1.165) is 32.7 Å². The molecular formula is C13H18N6OS2. The molecule has 0 aromatic carbocycles. The SMILES string of the molecule is Cn1nnnc1SCC(=O)N1CCN(Cc2cccs2)CC1. The lowest BCUT2D eigenvalue weighted by Crippen LogP contribution is -2.48. The van der Waals surface area contributed by atoms with Crippen molar-refractivity contribution in [2.45, 2.75) is 11.7 Å². The zero-order valence-corrected chi connectivity index (χ0v) is 14.0. The van der Waals surface area contributed by atoms with Crippen LogP contribution < -0.4 is 0 Å². The van der Waals surface area contributed by atoms with E-state index in [4.69, 9.17) is 0 Å². The lowest BCUT2D eigenvalue weighted by atomic mass is 10.3. The van der Waals surface area contributed by atoms with E-state index >= 15 is 0 Å². The maximum atomic E-state index is 12.2. The normalized spacial score (nSPS) is 16.1. The first-order valence-electron chi connectivity index (χ1n) is 7.10. The zero-order chi connectivity index (χ0) is 15.4. The Labute approximate surface area is 137 Å². The van der Waals surface area contributed by atoms with Crippen molar-refractivity contribution in [3.63, 3.8) is 0 Å². The van der Waals surface area contributed by atoms with E-state index in [1.54, 1.807) is 23.1 Å². The highest BCUT2D eigenvalue weighted by Crippen LogP contribution is 2.16. The molecule has 7 nitrogen and oxygen atoms in total. The first-order valence-corrected chi connectivity index (χ1v) is 8.96. The second-order valence-electron chi connectivity index (χ2n) is 5.11. The Balaban J connectivity index is 1.42. The van der Waals surface area contributed by atoms with E-state index in [-0.39, 0.29) is 5.91 Å². The Morgan fingerprint density at radius 2 is 2.18 bits per heavy atom. The molecule has 22 heavy (non-hydrogen) atoms. The van der Waals surface area contributed by atoms with Gasteiger partial charge in [-0.05, 0) is 21.9 Å². The monoisotopic (exact) mass is 338 g/mol. The number of thiophene rings is 1. The number of piperazine rings is 1. The number of carbonyl (C=O) groups is 1. The van der Waals surface area contributed by atoms with Gasteiger partial charge in [-0.2, -0.15) is 0 Å². The molecule has 2 aromatic heterocycles. The molecule has 0 unspecified atom stereocenters. The van der Waals surface area contributed by atoms with E-state index in [1.165, 1.54) is 16.6 Å². The molecule has 0 atom stereocenters. The lowest BCUT2D eigenvalue weighted by Gasteiger charge is -2.34. The van der Waals surface area contributed by atoms with E-state index in [0.29, 0.717) is 10.9 Å². The van der Waals surface area contributed by atoms with Crippen LogP contribution in [0.15, 0.2) is 22.7 Å². The molecule has 9 heteroatoms. The van der Waals surface area contributed by atoms with Gasteiger partial charge in [-0.3, -0.25) is 9.69 Å². The van der Waals surface area contributed by atoms with Crippen molar-refractivity contribution in [1.29, 1.82) is 0 Å². The standard InChI is InChI=1S/C13H18N6OS2/c1-17-13(14-15-16-17)22-10-12(20)19-6-4-18(5-7-19)9-11-3-2-8-21-11/h2-3,8H,4-7,9-10H2,1H3. The van der Waals surface area contributed by atoms with E-state index in [2.05, 4.69) is 37.9 Å². The van der Waals surface area contributed by atoms with Crippen LogP contribution in [0.4, 0.5) is 0 Å². The minimum Gasteiger partial charge on any atom is -0.339 e. The molecule has 1 amide bonds. The molecule has 3 heterocycles. The number of hydrogen-bond acceptors (Lipinski definition) is 7. The van der Waals surface area contributed by atoms with Crippen molar-refractivity contribution in [2.75, 3.05) is 31.9 Å². The number of aryl methyl sites for hydroxylation is 1. The maximum absolute atomic E-state index is 12.2. The van der Waals surface area contributed by atoms with Gasteiger partial charge in [0, 0.05) is 44.6 Å². The number of amides is 1. The van der Waals surface area contributed by atoms with Crippen LogP contribution >= 0.6 is 23.1 Å². The molecule has 1 fully saturated rings. The maximum Gasteiger partial charge on any atom is 0.233 e. The molecule has 0 N–H and O–H groups in total. The average Bonchev–Trinajstić information content (AvgIpc) is 3.17. The van der Waals surface area contributed by atoms with Crippen molar-refractivity contribution >= 4 is 29.0 Å². The third-order valence-electron chi connectivity index (χ3n) is 3.59.